The molecule has 14 nitrogen and oxygen atoms in total. The Morgan fingerprint density at radius 3 is 2.58 bits per heavy atom. The predicted molar refractivity (Wildman–Crippen MR) is 201 cm³/mol. The summed E-state index contributed by atoms with van der Waals surface area (Å²) in [5.74, 6) is -0.966. The molecular formula is C37H52N4O10S2. The molecule has 3 aliphatic rings. The summed E-state index contributed by atoms with van der Waals surface area (Å²) in [7, 11) is 2.93. The molecule has 0 aromatic carbocycles. The van der Waals surface area contributed by atoms with E-state index in [0.717, 1.165) is 22.0 Å². The first-order valence-electron chi connectivity index (χ1n) is 17.8. The molecule has 4 N–H and O–H groups in total. The molecule has 3 saturated heterocycles. The number of hydrogen-bond donors (Lipinski definition) is 4. The minimum atomic E-state index is -1.34. The van der Waals surface area contributed by atoms with Gasteiger partial charge in [-0.3, -0.25) is 19.4 Å². The van der Waals surface area contributed by atoms with Crippen molar-refractivity contribution in [1.29, 1.82) is 0 Å². The number of hydrazine groups is 1. The molecule has 0 saturated carbocycles. The summed E-state index contributed by atoms with van der Waals surface area (Å²) in [5, 5.41) is 25.3. The SMILES string of the molecule is CC(=O)O[C@@H](C)/C=C\C(=O)N[C@@H]1C[C@H](C)[C@H](C/C=C(C)/C=C/[C@H]2O[C@H](CC(=O)N(C[C@@H](C)SSc3ccccn3)NC(=O)O)C[C@@]3(CO3)[C@@H]2O)O[C@@H]1C. The molecule has 0 radical (unpaired) electrons. The Bertz CT molecular complexity index is 1510. The van der Waals surface area contributed by atoms with Crippen LogP contribution in [0.5, 0.6) is 0 Å². The average molecular weight is 777 g/mol. The van der Waals surface area contributed by atoms with E-state index in [1.165, 1.54) is 40.7 Å². The number of carbonyl (C=O) groups excluding carboxylic acids is 3. The van der Waals surface area contributed by atoms with Gasteiger partial charge in [0.15, 0.2) is 0 Å². The third-order valence-electron chi connectivity index (χ3n) is 9.23. The van der Waals surface area contributed by atoms with Crippen molar-refractivity contribution in [3.05, 3.63) is 60.3 Å². The van der Waals surface area contributed by atoms with Gasteiger partial charge in [0, 0.05) is 30.9 Å². The van der Waals surface area contributed by atoms with E-state index >= 15 is 0 Å². The molecule has 4 rings (SSSR count). The number of nitrogens with one attached hydrogen (secondary N) is 2. The lowest BCUT2D eigenvalue weighted by atomic mass is 9.87. The van der Waals surface area contributed by atoms with Crippen molar-refractivity contribution in [1.82, 2.24) is 20.7 Å². The molecule has 1 spiro atoms. The van der Waals surface area contributed by atoms with Crippen molar-refractivity contribution in [2.24, 2.45) is 5.92 Å². The second-order valence-electron chi connectivity index (χ2n) is 13.9. The van der Waals surface area contributed by atoms with Crippen LogP contribution in [0.4, 0.5) is 4.79 Å². The summed E-state index contributed by atoms with van der Waals surface area (Å²) in [6.07, 6.45) is 7.50. The number of nitrogens with zero attached hydrogens (tertiary/aromatic N) is 2. The first-order chi connectivity index (χ1) is 25.1. The maximum absolute atomic E-state index is 13.4. The topological polar surface area (TPSA) is 189 Å². The van der Waals surface area contributed by atoms with Crippen molar-refractivity contribution in [3.8, 4) is 0 Å². The third-order valence-corrected chi connectivity index (χ3v) is 12.0. The van der Waals surface area contributed by atoms with E-state index < -0.39 is 48.0 Å². The Balaban J connectivity index is 1.29. The Hall–Kier alpha value is -3.41. The van der Waals surface area contributed by atoms with E-state index in [1.807, 2.05) is 45.0 Å². The van der Waals surface area contributed by atoms with Gasteiger partial charge >= 0.3 is 12.1 Å². The molecular weight excluding hydrogens is 725 g/mol. The van der Waals surface area contributed by atoms with Crippen molar-refractivity contribution in [2.75, 3.05) is 13.2 Å². The summed E-state index contributed by atoms with van der Waals surface area (Å²) in [6, 6.07) is 5.42. The smallest absolute Gasteiger partial charge is 0.423 e. The van der Waals surface area contributed by atoms with E-state index in [-0.39, 0.29) is 48.3 Å². The average Bonchev–Trinajstić information content (AvgIpc) is 3.87. The molecule has 3 amide bonds. The van der Waals surface area contributed by atoms with E-state index in [9.17, 15) is 29.4 Å². The molecule has 4 heterocycles. The number of hydrogen-bond acceptors (Lipinski definition) is 12. The van der Waals surface area contributed by atoms with Gasteiger partial charge in [-0.05, 0) is 68.5 Å². The number of carbonyl (C=O) groups is 4. The van der Waals surface area contributed by atoms with Gasteiger partial charge in [0.1, 0.15) is 28.9 Å². The van der Waals surface area contributed by atoms with Crippen LogP contribution in [-0.4, -0.2) is 111 Å². The quantitative estimate of drug-likeness (QED) is 0.0484. The molecule has 1 aromatic rings. The lowest BCUT2D eigenvalue weighted by Gasteiger charge is -2.39. The highest BCUT2D eigenvalue weighted by Gasteiger charge is 2.58. The van der Waals surface area contributed by atoms with Crippen LogP contribution in [0.3, 0.4) is 0 Å². The monoisotopic (exact) mass is 776 g/mol. The molecule has 16 heteroatoms. The number of aliphatic hydroxyl groups is 1. The number of epoxide rings is 1. The molecule has 0 unspecified atom stereocenters. The maximum Gasteiger partial charge on any atom is 0.423 e. The first-order valence-corrected chi connectivity index (χ1v) is 20.0. The number of carboxylic acid groups (broad SMARTS) is 1. The highest BCUT2D eigenvalue weighted by molar-refractivity contribution is 8.76. The number of amides is 3. The maximum atomic E-state index is 13.4. The van der Waals surface area contributed by atoms with E-state index in [1.54, 1.807) is 19.2 Å². The van der Waals surface area contributed by atoms with Crippen LogP contribution < -0.4 is 10.7 Å². The zero-order valence-electron chi connectivity index (χ0n) is 31.0. The summed E-state index contributed by atoms with van der Waals surface area (Å²) < 4.78 is 23.2. The molecule has 3 fully saturated rings. The Morgan fingerprint density at radius 1 is 1.17 bits per heavy atom. The van der Waals surface area contributed by atoms with Crippen LogP contribution in [0, 0.1) is 5.92 Å². The number of pyridine rings is 1. The standard InChI is InChI=1S/C37H52N4O10S2/c1-22(10-13-30-23(2)17-29(26(5)50-30)39-32(43)15-12-24(3)49-27(6)42)11-14-31-35(45)37(21-48-37)19-28(51-31)18-34(44)41(40-36(46)47)20-25(4)52-53-33-9-7-8-16-38-33/h7-12,14-16,23-26,28-31,35,40,45H,13,17-21H2,1-6H3,(H,39,43)(H,46,47)/b14-11+,15-12-,22-10+/t23-,24-,25+,26+,28+,29+,30-,31+,35+,37+/m0/s1. The minimum absolute atomic E-state index is 0.0619. The third kappa shape index (κ3) is 13.4. The Labute approximate surface area is 318 Å². The molecule has 0 aliphatic carbocycles. The lowest BCUT2D eigenvalue weighted by Crippen LogP contribution is -2.53. The predicted octanol–water partition coefficient (Wildman–Crippen LogP) is 4.60. The largest absolute Gasteiger partial charge is 0.464 e. The fourth-order valence-corrected chi connectivity index (χ4v) is 8.31. The van der Waals surface area contributed by atoms with Gasteiger partial charge in [-0.25, -0.2) is 15.2 Å². The van der Waals surface area contributed by atoms with Crippen LogP contribution in [0.15, 0.2) is 65.4 Å². The highest BCUT2D eigenvalue weighted by Crippen LogP contribution is 2.43. The normalized spacial score (nSPS) is 29.8. The van der Waals surface area contributed by atoms with Gasteiger partial charge in [-0.2, -0.15) is 0 Å². The number of ether oxygens (including phenoxy) is 4. The molecule has 0 bridgehead atoms. The summed E-state index contributed by atoms with van der Waals surface area (Å²) >= 11 is 0. The van der Waals surface area contributed by atoms with E-state index in [0.29, 0.717) is 19.4 Å². The number of rotatable bonds is 15. The Kier molecular flexibility index (Phi) is 15.8. The van der Waals surface area contributed by atoms with Gasteiger partial charge in [-0.1, -0.05) is 54.5 Å². The van der Waals surface area contributed by atoms with Crippen LogP contribution >= 0.6 is 21.6 Å². The molecule has 10 atom stereocenters. The van der Waals surface area contributed by atoms with Crippen LogP contribution in [0.25, 0.3) is 0 Å². The van der Waals surface area contributed by atoms with Crippen LogP contribution in [0.2, 0.25) is 0 Å². The van der Waals surface area contributed by atoms with Crippen molar-refractivity contribution in [3.63, 3.8) is 0 Å². The molecule has 3 aliphatic heterocycles. The highest BCUT2D eigenvalue weighted by atomic mass is 33.1. The molecule has 1 aromatic heterocycles. The van der Waals surface area contributed by atoms with Crippen molar-refractivity contribution >= 4 is 45.5 Å². The zero-order chi connectivity index (χ0) is 38.7. The number of aliphatic hydroxyl groups excluding tert-OH is 1. The van der Waals surface area contributed by atoms with Crippen molar-refractivity contribution in [2.45, 2.75) is 126 Å². The van der Waals surface area contributed by atoms with Gasteiger partial charge in [0.05, 0.1) is 43.9 Å². The number of allylic oxidation sites excluding steroid dienone is 2. The lowest BCUT2D eigenvalue weighted by molar-refractivity contribution is -0.152. The van der Waals surface area contributed by atoms with Crippen LogP contribution in [-0.2, 0) is 33.3 Å². The van der Waals surface area contributed by atoms with E-state index in [4.69, 9.17) is 18.9 Å². The fraction of sp³-hybridized carbons (Fsp3) is 0.595. The second kappa shape index (κ2) is 19.8. The van der Waals surface area contributed by atoms with Gasteiger partial charge in [0.2, 0.25) is 11.8 Å². The van der Waals surface area contributed by atoms with Crippen LogP contribution in [0.1, 0.15) is 67.2 Å². The van der Waals surface area contributed by atoms with E-state index in [2.05, 4.69) is 28.7 Å². The second-order valence-corrected chi connectivity index (χ2v) is 16.6. The van der Waals surface area contributed by atoms with Gasteiger partial charge in [-0.15, -0.1) is 0 Å². The minimum Gasteiger partial charge on any atom is -0.464 e. The summed E-state index contributed by atoms with van der Waals surface area (Å²) in [4.78, 5) is 52.8. The molecule has 53 heavy (non-hydrogen) atoms. The summed E-state index contributed by atoms with van der Waals surface area (Å²) in [5.41, 5.74) is 2.35. The zero-order valence-corrected chi connectivity index (χ0v) is 32.6. The fourth-order valence-electron chi connectivity index (χ4n) is 6.33. The summed E-state index contributed by atoms with van der Waals surface area (Å²) in [6.45, 7) is 11.3. The first kappa shape index (κ1) is 42.3. The van der Waals surface area contributed by atoms with Crippen molar-refractivity contribution < 1.29 is 48.3 Å². The number of aromatic nitrogens is 1. The molecule has 292 valence electrons. The Morgan fingerprint density at radius 2 is 1.92 bits per heavy atom. The number of esters is 1. The van der Waals surface area contributed by atoms with Gasteiger partial charge < -0.3 is 34.5 Å². The van der Waals surface area contributed by atoms with Gasteiger partial charge in [0.25, 0.3) is 0 Å².